The summed E-state index contributed by atoms with van der Waals surface area (Å²) in [6.07, 6.45) is 10.8. The summed E-state index contributed by atoms with van der Waals surface area (Å²) in [6, 6.07) is 2.81. The van der Waals surface area contributed by atoms with E-state index in [1.54, 1.807) is 10.4 Å². The highest BCUT2D eigenvalue weighted by atomic mass is 32.1. The molecule has 2 nitrogen and oxygen atoms in total. The summed E-state index contributed by atoms with van der Waals surface area (Å²) >= 11 is 2.00. The average Bonchev–Trinajstić information content (AvgIpc) is 3.01. The predicted octanol–water partition coefficient (Wildman–Crippen LogP) is 3.32. The molecule has 1 fully saturated rings. The number of rotatable bonds is 4. The third kappa shape index (κ3) is 2.42. The molecule has 0 radical (unpaired) electrons. The number of fused-ring (bicyclic) bond motifs is 1. The van der Waals surface area contributed by atoms with E-state index in [-0.39, 0.29) is 0 Å². The Hall–Kier alpha value is -0.380. The first kappa shape index (κ1) is 11.7. The number of nitrogens with one attached hydrogen (secondary N) is 1. The number of nitrogens with two attached hydrogens (primary N) is 1. The molecule has 1 aromatic rings. The minimum Gasteiger partial charge on any atom is -0.271 e. The number of hydrazine groups is 1. The van der Waals surface area contributed by atoms with E-state index in [2.05, 4.69) is 11.5 Å². The number of thiophene rings is 1. The molecule has 0 spiro atoms. The van der Waals surface area contributed by atoms with Crippen molar-refractivity contribution in [3.8, 4) is 0 Å². The second-order valence-corrected chi connectivity index (χ2v) is 6.72. The first-order valence-corrected chi connectivity index (χ1v) is 7.76. The Morgan fingerprint density at radius 1 is 1.29 bits per heavy atom. The fourth-order valence-electron chi connectivity index (χ4n) is 3.37. The molecule has 0 aromatic carbocycles. The van der Waals surface area contributed by atoms with Crippen LogP contribution in [0.25, 0.3) is 0 Å². The summed E-state index contributed by atoms with van der Waals surface area (Å²) in [5.41, 5.74) is 4.64. The molecule has 1 unspecified atom stereocenters. The smallest absolute Gasteiger partial charge is 0.0556 e. The Balaban J connectivity index is 1.70. The highest BCUT2D eigenvalue weighted by Gasteiger charge is 2.24. The molecule has 1 heterocycles. The molecule has 0 aliphatic heterocycles. The van der Waals surface area contributed by atoms with Gasteiger partial charge in [0.15, 0.2) is 0 Å². The molecule has 1 atom stereocenters. The zero-order chi connectivity index (χ0) is 11.7. The monoisotopic (exact) mass is 250 g/mol. The van der Waals surface area contributed by atoms with Crippen LogP contribution in [-0.2, 0) is 12.8 Å². The standard InChI is InChI=1S/C14H22N2S/c15-16-12(8-10-4-1-2-5-10)14-9-11-6-3-7-13(11)17-14/h9-10,12,16H,1-8,15H2. The van der Waals surface area contributed by atoms with Crippen LogP contribution < -0.4 is 11.3 Å². The largest absolute Gasteiger partial charge is 0.271 e. The lowest BCUT2D eigenvalue weighted by molar-refractivity contribution is 0.404. The molecular weight excluding hydrogens is 228 g/mol. The van der Waals surface area contributed by atoms with Crippen LogP contribution in [0, 0.1) is 5.92 Å². The third-order valence-electron chi connectivity index (χ3n) is 4.35. The molecule has 0 saturated heterocycles. The van der Waals surface area contributed by atoms with Crippen LogP contribution in [0.1, 0.15) is 59.9 Å². The van der Waals surface area contributed by atoms with Gasteiger partial charge in [0.2, 0.25) is 0 Å². The van der Waals surface area contributed by atoms with Gasteiger partial charge in [-0.3, -0.25) is 11.3 Å². The maximum absolute atomic E-state index is 5.76. The quantitative estimate of drug-likeness (QED) is 0.635. The average molecular weight is 250 g/mol. The molecule has 3 rings (SSSR count). The molecule has 0 amide bonds. The van der Waals surface area contributed by atoms with Crippen LogP contribution >= 0.6 is 11.3 Å². The van der Waals surface area contributed by atoms with Gasteiger partial charge < -0.3 is 0 Å². The van der Waals surface area contributed by atoms with Crippen LogP contribution in [0.3, 0.4) is 0 Å². The Morgan fingerprint density at radius 3 is 2.82 bits per heavy atom. The normalized spacial score (nSPS) is 21.9. The molecule has 1 aromatic heterocycles. The van der Waals surface area contributed by atoms with Crippen LogP contribution in [0.4, 0.5) is 0 Å². The van der Waals surface area contributed by atoms with Crippen molar-refractivity contribution in [1.82, 2.24) is 5.43 Å². The van der Waals surface area contributed by atoms with Crippen molar-refractivity contribution in [2.75, 3.05) is 0 Å². The van der Waals surface area contributed by atoms with Crippen molar-refractivity contribution in [1.29, 1.82) is 0 Å². The van der Waals surface area contributed by atoms with Crippen molar-refractivity contribution in [2.24, 2.45) is 11.8 Å². The van der Waals surface area contributed by atoms with E-state index in [4.69, 9.17) is 5.84 Å². The molecule has 0 bridgehead atoms. The van der Waals surface area contributed by atoms with Gasteiger partial charge in [0.25, 0.3) is 0 Å². The van der Waals surface area contributed by atoms with E-state index >= 15 is 0 Å². The summed E-state index contributed by atoms with van der Waals surface area (Å²) in [4.78, 5) is 3.09. The van der Waals surface area contributed by atoms with E-state index in [9.17, 15) is 0 Å². The zero-order valence-electron chi connectivity index (χ0n) is 10.4. The highest BCUT2D eigenvalue weighted by molar-refractivity contribution is 7.12. The van der Waals surface area contributed by atoms with Gasteiger partial charge in [-0.15, -0.1) is 11.3 Å². The van der Waals surface area contributed by atoms with Crippen molar-refractivity contribution in [3.63, 3.8) is 0 Å². The predicted molar refractivity (Wildman–Crippen MR) is 73.0 cm³/mol. The van der Waals surface area contributed by atoms with Gasteiger partial charge in [0, 0.05) is 9.75 Å². The van der Waals surface area contributed by atoms with Crippen molar-refractivity contribution >= 4 is 11.3 Å². The fraction of sp³-hybridized carbons (Fsp3) is 0.714. The van der Waals surface area contributed by atoms with Gasteiger partial charge in [-0.25, -0.2) is 0 Å². The maximum Gasteiger partial charge on any atom is 0.0556 e. The lowest BCUT2D eigenvalue weighted by Crippen LogP contribution is -2.28. The number of hydrogen-bond donors (Lipinski definition) is 2. The second kappa shape index (κ2) is 5.09. The van der Waals surface area contributed by atoms with E-state index < -0.39 is 0 Å². The number of aryl methyl sites for hydroxylation is 2. The van der Waals surface area contributed by atoms with Gasteiger partial charge in [-0.1, -0.05) is 25.7 Å². The highest BCUT2D eigenvalue weighted by Crippen LogP contribution is 2.38. The van der Waals surface area contributed by atoms with Crippen molar-refractivity contribution in [3.05, 3.63) is 21.4 Å². The minimum absolute atomic E-state index is 0.397. The van der Waals surface area contributed by atoms with Gasteiger partial charge >= 0.3 is 0 Å². The van der Waals surface area contributed by atoms with Crippen LogP contribution in [0.5, 0.6) is 0 Å². The fourth-order valence-corrected chi connectivity index (χ4v) is 4.70. The van der Waals surface area contributed by atoms with Gasteiger partial charge in [0.05, 0.1) is 6.04 Å². The third-order valence-corrected chi connectivity index (χ3v) is 5.70. The number of hydrogen-bond acceptors (Lipinski definition) is 3. The molecule has 17 heavy (non-hydrogen) atoms. The Morgan fingerprint density at radius 2 is 2.12 bits per heavy atom. The van der Waals surface area contributed by atoms with E-state index in [0.717, 1.165) is 5.92 Å². The molecule has 94 valence electrons. The first-order valence-electron chi connectivity index (χ1n) is 6.94. The maximum atomic E-state index is 5.76. The molecule has 1 saturated carbocycles. The molecule has 2 aliphatic rings. The SMILES string of the molecule is NNC(CC1CCCC1)c1cc2c(s1)CCC2. The van der Waals surface area contributed by atoms with Gasteiger partial charge in [-0.2, -0.15) is 0 Å². The molecule has 3 N–H and O–H groups in total. The van der Waals surface area contributed by atoms with Crippen LogP contribution in [0.15, 0.2) is 6.07 Å². The topological polar surface area (TPSA) is 38.0 Å². The van der Waals surface area contributed by atoms with E-state index in [1.165, 1.54) is 56.2 Å². The van der Waals surface area contributed by atoms with Gasteiger partial charge in [0.1, 0.15) is 0 Å². The lowest BCUT2D eigenvalue weighted by atomic mass is 9.97. The Labute approximate surface area is 108 Å². The van der Waals surface area contributed by atoms with Gasteiger partial charge in [-0.05, 0) is 43.2 Å². The van der Waals surface area contributed by atoms with E-state index in [1.807, 2.05) is 11.3 Å². The summed E-state index contributed by atoms with van der Waals surface area (Å²) in [6.45, 7) is 0. The molecular formula is C14H22N2S. The summed E-state index contributed by atoms with van der Waals surface area (Å²) in [7, 11) is 0. The second-order valence-electron chi connectivity index (χ2n) is 5.56. The summed E-state index contributed by atoms with van der Waals surface area (Å²) in [5, 5.41) is 0. The zero-order valence-corrected chi connectivity index (χ0v) is 11.2. The lowest BCUT2D eigenvalue weighted by Gasteiger charge is -2.18. The molecule has 3 heteroatoms. The summed E-state index contributed by atoms with van der Waals surface area (Å²) < 4.78 is 0. The van der Waals surface area contributed by atoms with Crippen LogP contribution in [0.2, 0.25) is 0 Å². The van der Waals surface area contributed by atoms with Crippen LogP contribution in [-0.4, -0.2) is 0 Å². The van der Waals surface area contributed by atoms with Crippen molar-refractivity contribution < 1.29 is 0 Å². The summed E-state index contributed by atoms with van der Waals surface area (Å²) in [5.74, 6) is 6.65. The Kier molecular flexibility index (Phi) is 3.50. The van der Waals surface area contributed by atoms with E-state index in [0.29, 0.717) is 6.04 Å². The first-order chi connectivity index (χ1) is 8.36. The Bertz CT molecular complexity index is 358. The molecule has 2 aliphatic carbocycles. The van der Waals surface area contributed by atoms with Crippen molar-refractivity contribution in [2.45, 2.75) is 57.4 Å². The minimum atomic E-state index is 0.397.